The molecular weight excluding hydrogens is 269 g/mol. The Kier molecular flexibility index (Phi) is 3.08. The summed E-state index contributed by atoms with van der Waals surface area (Å²) in [5.41, 5.74) is 1.16. The number of benzene rings is 1. The molecule has 1 aromatic carbocycles. The third-order valence-corrected chi connectivity index (χ3v) is 3.74. The lowest BCUT2D eigenvalue weighted by Crippen LogP contribution is -2.30. The van der Waals surface area contributed by atoms with Gasteiger partial charge < -0.3 is 5.32 Å². The van der Waals surface area contributed by atoms with E-state index in [1.165, 1.54) is 6.07 Å². The first-order valence-corrected chi connectivity index (χ1v) is 7.00. The fourth-order valence-electron chi connectivity index (χ4n) is 2.76. The van der Waals surface area contributed by atoms with Gasteiger partial charge >= 0.3 is 0 Å². The molecule has 0 bridgehead atoms. The molecule has 2 heterocycles. The third kappa shape index (κ3) is 2.33. The fraction of sp³-hybridized carbons (Fsp3) is 0.375. The first kappa shape index (κ1) is 13.8. The van der Waals surface area contributed by atoms with E-state index in [4.69, 9.17) is 0 Å². The lowest BCUT2D eigenvalue weighted by molar-refractivity contribution is -0.116. The molecule has 0 fully saturated rings. The van der Waals surface area contributed by atoms with E-state index in [0.29, 0.717) is 11.4 Å². The molecule has 0 saturated heterocycles. The number of anilines is 1. The average Bonchev–Trinajstić information content (AvgIpc) is 2.82. The van der Waals surface area contributed by atoms with E-state index in [1.807, 2.05) is 20.8 Å². The molecule has 5 heteroatoms. The van der Waals surface area contributed by atoms with Crippen molar-refractivity contribution in [2.24, 2.45) is 0 Å². The Balaban J connectivity index is 2.14. The van der Waals surface area contributed by atoms with E-state index in [1.54, 1.807) is 29.1 Å². The summed E-state index contributed by atoms with van der Waals surface area (Å²) in [6.45, 7) is 6.04. The zero-order valence-corrected chi connectivity index (χ0v) is 12.4. The van der Waals surface area contributed by atoms with Gasteiger partial charge in [-0.15, -0.1) is 0 Å². The SMILES string of the molecule is CC(C)(C)n1ncc2c1NC(=O)CC2c1ccccc1F. The molecule has 0 spiro atoms. The molecule has 1 aliphatic rings. The average molecular weight is 287 g/mol. The van der Waals surface area contributed by atoms with E-state index < -0.39 is 0 Å². The Morgan fingerprint density at radius 1 is 1.29 bits per heavy atom. The van der Waals surface area contributed by atoms with E-state index in [9.17, 15) is 9.18 Å². The van der Waals surface area contributed by atoms with Gasteiger partial charge in [-0.2, -0.15) is 5.10 Å². The third-order valence-electron chi connectivity index (χ3n) is 3.74. The predicted molar refractivity (Wildman–Crippen MR) is 78.7 cm³/mol. The number of carbonyl (C=O) groups excluding carboxylic acids is 1. The molecule has 1 aromatic heterocycles. The highest BCUT2D eigenvalue weighted by Crippen LogP contribution is 2.39. The highest BCUT2D eigenvalue weighted by Gasteiger charge is 2.33. The summed E-state index contributed by atoms with van der Waals surface area (Å²) in [6, 6.07) is 6.60. The Morgan fingerprint density at radius 3 is 2.67 bits per heavy atom. The highest BCUT2D eigenvalue weighted by atomic mass is 19.1. The second-order valence-corrected chi connectivity index (χ2v) is 6.36. The number of amides is 1. The van der Waals surface area contributed by atoms with Gasteiger partial charge in [-0.25, -0.2) is 9.07 Å². The van der Waals surface area contributed by atoms with Crippen LogP contribution in [0.2, 0.25) is 0 Å². The molecule has 3 rings (SSSR count). The molecule has 1 aliphatic heterocycles. The van der Waals surface area contributed by atoms with Gasteiger partial charge in [0.2, 0.25) is 5.91 Å². The van der Waals surface area contributed by atoms with Crippen molar-refractivity contribution >= 4 is 11.7 Å². The zero-order chi connectivity index (χ0) is 15.2. The summed E-state index contributed by atoms with van der Waals surface area (Å²) < 4.78 is 15.9. The van der Waals surface area contributed by atoms with E-state index in [0.717, 1.165) is 5.56 Å². The molecule has 110 valence electrons. The van der Waals surface area contributed by atoms with Crippen LogP contribution in [0.1, 0.15) is 44.2 Å². The minimum absolute atomic E-state index is 0.109. The maximum atomic E-state index is 14.1. The maximum Gasteiger partial charge on any atom is 0.226 e. The number of hydrogen-bond acceptors (Lipinski definition) is 2. The molecule has 1 N–H and O–H groups in total. The monoisotopic (exact) mass is 287 g/mol. The van der Waals surface area contributed by atoms with Crippen LogP contribution < -0.4 is 5.32 Å². The Morgan fingerprint density at radius 2 is 2.00 bits per heavy atom. The summed E-state index contributed by atoms with van der Waals surface area (Å²) >= 11 is 0. The van der Waals surface area contributed by atoms with Crippen molar-refractivity contribution in [1.29, 1.82) is 0 Å². The van der Waals surface area contributed by atoms with Gasteiger partial charge in [0.1, 0.15) is 11.6 Å². The molecular formula is C16H18FN3O. The van der Waals surface area contributed by atoms with Crippen molar-refractivity contribution < 1.29 is 9.18 Å². The van der Waals surface area contributed by atoms with Crippen LogP contribution in [-0.4, -0.2) is 15.7 Å². The molecule has 0 radical (unpaired) electrons. The molecule has 1 unspecified atom stereocenters. The minimum Gasteiger partial charge on any atom is -0.311 e. The topological polar surface area (TPSA) is 46.9 Å². The van der Waals surface area contributed by atoms with Gasteiger partial charge in [0.05, 0.1) is 11.7 Å². The molecule has 0 aliphatic carbocycles. The minimum atomic E-state index is -0.286. The van der Waals surface area contributed by atoms with Crippen molar-refractivity contribution in [3.05, 3.63) is 47.4 Å². The Labute approximate surface area is 123 Å². The van der Waals surface area contributed by atoms with Gasteiger partial charge in [-0.1, -0.05) is 18.2 Å². The second-order valence-electron chi connectivity index (χ2n) is 6.36. The first-order valence-electron chi connectivity index (χ1n) is 7.00. The number of nitrogens with one attached hydrogen (secondary N) is 1. The molecule has 21 heavy (non-hydrogen) atoms. The van der Waals surface area contributed by atoms with Crippen LogP contribution in [0.3, 0.4) is 0 Å². The van der Waals surface area contributed by atoms with Crippen LogP contribution in [0.15, 0.2) is 30.5 Å². The standard InChI is InChI=1S/C16H18FN3O/c1-16(2,3)20-15-12(9-18-20)11(8-14(21)19-15)10-6-4-5-7-13(10)17/h4-7,9,11H,8H2,1-3H3,(H,19,21). The lowest BCUT2D eigenvalue weighted by Gasteiger charge is -2.28. The van der Waals surface area contributed by atoms with Crippen LogP contribution in [0.4, 0.5) is 10.2 Å². The normalized spacial score (nSPS) is 18.3. The number of carbonyl (C=O) groups is 1. The van der Waals surface area contributed by atoms with Gasteiger partial charge in [0, 0.05) is 17.9 Å². The zero-order valence-electron chi connectivity index (χ0n) is 12.4. The van der Waals surface area contributed by atoms with E-state index >= 15 is 0 Å². The van der Waals surface area contributed by atoms with Crippen LogP contribution in [-0.2, 0) is 10.3 Å². The molecule has 4 nitrogen and oxygen atoms in total. The van der Waals surface area contributed by atoms with E-state index in [-0.39, 0.29) is 29.6 Å². The van der Waals surface area contributed by atoms with Gasteiger partial charge in [0.15, 0.2) is 0 Å². The summed E-state index contributed by atoms with van der Waals surface area (Å²) in [7, 11) is 0. The summed E-state index contributed by atoms with van der Waals surface area (Å²) in [4.78, 5) is 12.0. The van der Waals surface area contributed by atoms with Crippen molar-refractivity contribution in [3.8, 4) is 0 Å². The number of fused-ring (bicyclic) bond motifs is 1. The number of hydrogen-bond donors (Lipinski definition) is 1. The van der Waals surface area contributed by atoms with Crippen molar-refractivity contribution in [1.82, 2.24) is 9.78 Å². The maximum absolute atomic E-state index is 14.1. The van der Waals surface area contributed by atoms with Crippen molar-refractivity contribution in [2.75, 3.05) is 5.32 Å². The van der Waals surface area contributed by atoms with Crippen molar-refractivity contribution in [3.63, 3.8) is 0 Å². The van der Waals surface area contributed by atoms with Gasteiger partial charge in [0.25, 0.3) is 0 Å². The summed E-state index contributed by atoms with van der Waals surface area (Å²) in [6.07, 6.45) is 1.97. The Bertz CT molecular complexity index is 700. The molecule has 2 aromatic rings. The fourth-order valence-corrected chi connectivity index (χ4v) is 2.76. The van der Waals surface area contributed by atoms with Crippen LogP contribution >= 0.6 is 0 Å². The quantitative estimate of drug-likeness (QED) is 0.875. The van der Waals surface area contributed by atoms with Gasteiger partial charge in [-0.05, 0) is 32.4 Å². The van der Waals surface area contributed by atoms with E-state index in [2.05, 4.69) is 10.4 Å². The summed E-state index contributed by atoms with van der Waals surface area (Å²) in [5.74, 6) is -0.00790. The number of nitrogens with zero attached hydrogens (tertiary/aromatic N) is 2. The number of rotatable bonds is 1. The lowest BCUT2D eigenvalue weighted by atomic mass is 9.87. The predicted octanol–water partition coefficient (Wildman–Crippen LogP) is 3.25. The highest BCUT2D eigenvalue weighted by molar-refractivity contribution is 5.94. The second kappa shape index (κ2) is 4.69. The van der Waals surface area contributed by atoms with Crippen LogP contribution in [0.25, 0.3) is 0 Å². The number of halogens is 1. The van der Waals surface area contributed by atoms with Crippen molar-refractivity contribution in [2.45, 2.75) is 38.6 Å². The molecule has 1 atom stereocenters. The first-order chi connectivity index (χ1) is 9.88. The van der Waals surface area contributed by atoms with Gasteiger partial charge in [-0.3, -0.25) is 4.79 Å². The molecule has 1 amide bonds. The van der Waals surface area contributed by atoms with Crippen LogP contribution in [0.5, 0.6) is 0 Å². The smallest absolute Gasteiger partial charge is 0.226 e. The number of aromatic nitrogens is 2. The summed E-state index contributed by atoms with van der Waals surface area (Å²) in [5, 5.41) is 7.26. The van der Waals surface area contributed by atoms with Crippen LogP contribution in [0, 0.1) is 5.82 Å². The molecule has 0 saturated carbocycles. The Hall–Kier alpha value is -2.17. The largest absolute Gasteiger partial charge is 0.311 e.